The highest BCUT2D eigenvalue weighted by molar-refractivity contribution is 5.53. The van der Waals surface area contributed by atoms with E-state index in [4.69, 9.17) is 5.11 Å². The van der Waals surface area contributed by atoms with E-state index < -0.39 is 0 Å². The number of aromatic nitrogens is 1. The van der Waals surface area contributed by atoms with Crippen LogP contribution in [0.2, 0.25) is 0 Å². The lowest BCUT2D eigenvalue weighted by molar-refractivity contribution is 0.244. The first-order chi connectivity index (χ1) is 6.76. The molecule has 0 aromatic carbocycles. The third-order valence-corrected chi connectivity index (χ3v) is 1.99. The van der Waals surface area contributed by atoms with Crippen LogP contribution >= 0.6 is 0 Å². The van der Waals surface area contributed by atoms with Crippen molar-refractivity contribution in [1.29, 1.82) is 0 Å². The van der Waals surface area contributed by atoms with Gasteiger partial charge in [0, 0.05) is 20.2 Å². The van der Waals surface area contributed by atoms with Crippen molar-refractivity contribution >= 4 is 11.4 Å². The number of hydrogen-bond acceptors (Lipinski definition) is 4. The van der Waals surface area contributed by atoms with Crippen molar-refractivity contribution in [3.63, 3.8) is 0 Å². The van der Waals surface area contributed by atoms with Crippen molar-refractivity contribution in [2.45, 2.75) is 6.92 Å². The molecule has 4 heteroatoms. The smallest absolute Gasteiger partial charge is 0.0547 e. The Morgan fingerprint density at radius 1 is 1.43 bits per heavy atom. The summed E-state index contributed by atoms with van der Waals surface area (Å²) in [7, 11) is 1.86. The van der Waals surface area contributed by atoms with Crippen molar-refractivity contribution in [3.05, 3.63) is 18.5 Å². The number of anilines is 2. The first kappa shape index (κ1) is 10.8. The number of aliphatic hydroxyl groups is 1. The second-order valence-corrected chi connectivity index (χ2v) is 3.38. The van der Waals surface area contributed by atoms with Gasteiger partial charge in [-0.3, -0.25) is 4.98 Å². The fourth-order valence-electron chi connectivity index (χ4n) is 1.03. The molecule has 0 fully saturated rings. The fourth-order valence-corrected chi connectivity index (χ4v) is 1.03. The van der Waals surface area contributed by atoms with Gasteiger partial charge in [-0.25, -0.2) is 0 Å². The van der Waals surface area contributed by atoms with E-state index in [1.165, 1.54) is 0 Å². The van der Waals surface area contributed by atoms with Crippen LogP contribution in [0.1, 0.15) is 6.92 Å². The van der Waals surface area contributed by atoms with Crippen LogP contribution in [0.3, 0.4) is 0 Å². The van der Waals surface area contributed by atoms with E-state index in [1.807, 2.05) is 20.0 Å². The number of rotatable bonds is 5. The van der Waals surface area contributed by atoms with Gasteiger partial charge in [-0.2, -0.15) is 0 Å². The number of hydrogen-bond donors (Lipinski definition) is 3. The van der Waals surface area contributed by atoms with Gasteiger partial charge in [-0.1, -0.05) is 6.92 Å². The molecule has 0 aliphatic rings. The minimum atomic E-state index is 0.201. The maximum absolute atomic E-state index is 8.85. The summed E-state index contributed by atoms with van der Waals surface area (Å²) in [5, 5.41) is 15.1. The summed E-state index contributed by atoms with van der Waals surface area (Å²) < 4.78 is 0. The van der Waals surface area contributed by atoms with Crippen molar-refractivity contribution in [2.24, 2.45) is 5.92 Å². The van der Waals surface area contributed by atoms with Gasteiger partial charge in [0.25, 0.3) is 0 Å². The quantitative estimate of drug-likeness (QED) is 0.660. The molecule has 1 aromatic rings. The van der Waals surface area contributed by atoms with Crippen LogP contribution < -0.4 is 10.6 Å². The van der Waals surface area contributed by atoms with Crippen molar-refractivity contribution < 1.29 is 5.11 Å². The van der Waals surface area contributed by atoms with E-state index in [1.54, 1.807) is 12.4 Å². The molecule has 0 radical (unpaired) electrons. The molecule has 1 unspecified atom stereocenters. The Balaban J connectivity index is 2.50. The molecule has 3 N–H and O–H groups in total. The molecule has 0 amide bonds. The minimum Gasteiger partial charge on any atom is -0.396 e. The molecule has 4 nitrogen and oxygen atoms in total. The third-order valence-electron chi connectivity index (χ3n) is 1.99. The molecule has 14 heavy (non-hydrogen) atoms. The number of aliphatic hydroxyl groups excluding tert-OH is 1. The summed E-state index contributed by atoms with van der Waals surface area (Å²) in [6, 6.07) is 1.98. The highest BCUT2D eigenvalue weighted by atomic mass is 16.3. The summed E-state index contributed by atoms with van der Waals surface area (Å²) in [6.07, 6.45) is 3.53. The minimum absolute atomic E-state index is 0.201. The zero-order valence-electron chi connectivity index (χ0n) is 8.62. The molecular weight excluding hydrogens is 178 g/mol. The van der Waals surface area contributed by atoms with Crippen LogP contribution in [0.15, 0.2) is 18.5 Å². The van der Waals surface area contributed by atoms with Crippen LogP contribution in [0.25, 0.3) is 0 Å². The Morgan fingerprint density at radius 2 is 2.14 bits per heavy atom. The highest BCUT2D eigenvalue weighted by Crippen LogP contribution is 2.12. The van der Waals surface area contributed by atoms with E-state index in [0.29, 0.717) is 0 Å². The molecule has 0 aliphatic heterocycles. The number of pyridine rings is 1. The first-order valence-electron chi connectivity index (χ1n) is 4.73. The summed E-state index contributed by atoms with van der Waals surface area (Å²) in [5.41, 5.74) is 1.95. The predicted molar refractivity (Wildman–Crippen MR) is 58.5 cm³/mol. The first-order valence-corrected chi connectivity index (χ1v) is 4.73. The van der Waals surface area contributed by atoms with Gasteiger partial charge in [0.1, 0.15) is 0 Å². The van der Waals surface area contributed by atoms with Gasteiger partial charge in [-0.05, 0) is 12.0 Å². The summed E-state index contributed by atoms with van der Waals surface area (Å²) in [6.45, 7) is 2.94. The largest absolute Gasteiger partial charge is 0.396 e. The summed E-state index contributed by atoms with van der Waals surface area (Å²) >= 11 is 0. The van der Waals surface area contributed by atoms with E-state index in [-0.39, 0.29) is 12.5 Å². The molecule has 1 atom stereocenters. The van der Waals surface area contributed by atoms with Crippen LogP contribution in [0.4, 0.5) is 11.4 Å². The van der Waals surface area contributed by atoms with Crippen LogP contribution in [0, 0.1) is 5.92 Å². The van der Waals surface area contributed by atoms with Crippen molar-refractivity contribution in [1.82, 2.24) is 4.98 Å². The molecule has 0 spiro atoms. The van der Waals surface area contributed by atoms with Gasteiger partial charge < -0.3 is 15.7 Å². The average molecular weight is 195 g/mol. The van der Waals surface area contributed by atoms with Gasteiger partial charge in [-0.15, -0.1) is 0 Å². The second-order valence-electron chi connectivity index (χ2n) is 3.38. The monoisotopic (exact) mass is 195 g/mol. The molecule has 0 aliphatic carbocycles. The zero-order chi connectivity index (χ0) is 10.4. The third kappa shape index (κ3) is 3.22. The molecular formula is C10H17N3O. The Bertz CT molecular complexity index is 278. The lowest BCUT2D eigenvalue weighted by atomic mass is 10.2. The lowest BCUT2D eigenvalue weighted by Crippen LogP contribution is -2.14. The topological polar surface area (TPSA) is 57.2 Å². The second kappa shape index (κ2) is 5.44. The summed E-state index contributed by atoms with van der Waals surface area (Å²) in [4.78, 5) is 4.07. The maximum Gasteiger partial charge on any atom is 0.0547 e. The molecule has 0 bridgehead atoms. The number of nitrogens with zero attached hydrogens (tertiary/aromatic N) is 1. The van der Waals surface area contributed by atoms with Gasteiger partial charge in [0.2, 0.25) is 0 Å². The highest BCUT2D eigenvalue weighted by Gasteiger charge is 1.99. The van der Waals surface area contributed by atoms with Gasteiger partial charge in [0.15, 0.2) is 0 Å². The van der Waals surface area contributed by atoms with E-state index in [2.05, 4.69) is 15.6 Å². The molecule has 0 saturated carbocycles. The lowest BCUT2D eigenvalue weighted by Gasteiger charge is -2.11. The van der Waals surface area contributed by atoms with Gasteiger partial charge in [0.05, 0.1) is 23.8 Å². The van der Waals surface area contributed by atoms with E-state index >= 15 is 0 Å². The van der Waals surface area contributed by atoms with Crippen LogP contribution in [0.5, 0.6) is 0 Å². The molecule has 1 heterocycles. The van der Waals surface area contributed by atoms with E-state index in [9.17, 15) is 0 Å². The Labute approximate surface area is 84.4 Å². The SMILES string of the molecule is CNc1cncc(NCC(C)CO)c1. The zero-order valence-corrected chi connectivity index (χ0v) is 8.62. The Hall–Kier alpha value is -1.29. The predicted octanol–water partition coefficient (Wildman–Crippen LogP) is 1.16. The molecule has 0 saturated heterocycles. The van der Waals surface area contributed by atoms with Crippen molar-refractivity contribution in [3.8, 4) is 0 Å². The average Bonchev–Trinajstić information content (AvgIpc) is 2.26. The van der Waals surface area contributed by atoms with Crippen LogP contribution in [-0.2, 0) is 0 Å². The Morgan fingerprint density at radius 3 is 2.79 bits per heavy atom. The van der Waals surface area contributed by atoms with Crippen molar-refractivity contribution in [2.75, 3.05) is 30.8 Å². The Kier molecular flexibility index (Phi) is 4.19. The standard InChI is InChI=1S/C10H17N3O/c1-8(7-14)4-13-10-3-9(11-2)5-12-6-10/h3,5-6,8,11,13-14H,4,7H2,1-2H3. The summed E-state index contributed by atoms with van der Waals surface area (Å²) in [5.74, 6) is 0.258. The normalized spacial score (nSPS) is 12.2. The van der Waals surface area contributed by atoms with Gasteiger partial charge >= 0.3 is 0 Å². The fraction of sp³-hybridized carbons (Fsp3) is 0.500. The molecule has 1 aromatic heterocycles. The maximum atomic E-state index is 8.85. The molecule has 78 valence electrons. The number of nitrogens with one attached hydrogen (secondary N) is 2. The molecule has 1 rings (SSSR count). The van der Waals surface area contributed by atoms with Crippen LogP contribution in [-0.4, -0.2) is 30.3 Å². The van der Waals surface area contributed by atoms with E-state index in [0.717, 1.165) is 17.9 Å².